The molecule has 9 nitrogen and oxygen atoms in total. The first-order valence-electron chi connectivity index (χ1n) is 10.1. The van der Waals surface area contributed by atoms with E-state index in [4.69, 9.17) is 9.47 Å². The van der Waals surface area contributed by atoms with Gasteiger partial charge in [-0.15, -0.1) is 0 Å². The van der Waals surface area contributed by atoms with Crippen molar-refractivity contribution in [1.29, 1.82) is 0 Å². The van der Waals surface area contributed by atoms with E-state index in [1.54, 1.807) is 42.5 Å². The first-order valence-corrected chi connectivity index (χ1v) is 10.1. The number of methoxy groups -OCH3 is 2. The highest BCUT2D eigenvalue weighted by Crippen LogP contribution is 2.34. The molecule has 0 aliphatic heterocycles. The minimum absolute atomic E-state index is 0.128. The summed E-state index contributed by atoms with van der Waals surface area (Å²) in [5.74, 6) is 0.851. The smallest absolute Gasteiger partial charge is 0.416 e. The van der Waals surface area contributed by atoms with Crippen LogP contribution >= 0.6 is 0 Å². The van der Waals surface area contributed by atoms with Crippen molar-refractivity contribution in [3.05, 3.63) is 48.9 Å². The number of halogens is 3. The lowest BCUT2D eigenvalue weighted by atomic mass is 10.2. The highest BCUT2D eigenvalue weighted by molar-refractivity contribution is 5.77. The van der Waals surface area contributed by atoms with Gasteiger partial charge in [-0.05, 0) is 12.1 Å². The zero-order valence-corrected chi connectivity index (χ0v) is 18.5. The molecular weight excluding hydrogens is 453 g/mol. The summed E-state index contributed by atoms with van der Waals surface area (Å²) in [6, 6.07) is 7.74. The third kappa shape index (κ3) is 4.86. The molecule has 0 amide bonds. The molecule has 12 heteroatoms. The first-order chi connectivity index (χ1) is 16.2. The number of aryl methyl sites for hydroxylation is 1. The van der Waals surface area contributed by atoms with Crippen LogP contribution in [0.25, 0.3) is 22.4 Å². The zero-order chi connectivity index (χ0) is 24.5. The molecule has 4 rings (SSSR count). The monoisotopic (exact) mass is 474 g/mol. The number of benzene rings is 1. The van der Waals surface area contributed by atoms with E-state index in [2.05, 4.69) is 20.1 Å². The largest absolute Gasteiger partial charge is 0.497 e. The fourth-order valence-corrected chi connectivity index (χ4v) is 3.29. The van der Waals surface area contributed by atoms with Gasteiger partial charge in [0, 0.05) is 42.7 Å². The summed E-state index contributed by atoms with van der Waals surface area (Å²) >= 11 is 0. The van der Waals surface area contributed by atoms with Crippen molar-refractivity contribution in [2.24, 2.45) is 7.05 Å². The molecule has 0 spiro atoms. The van der Waals surface area contributed by atoms with Gasteiger partial charge in [-0.1, -0.05) is 0 Å². The highest BCUT2D eigenvalue weighted by atomic mass is 19.4. The lowest BCUT2D eigenvalue weighted by Gasteiger charge is -2.28. The maximum absolute atomic E-state index is 13.3. The number of rotatable bonds is 7. The molecule has 0 saturated carbocycles. The van der Waals surface area contributed by atoms with Crippen LogP contribution in [0.5, 0.6) is 11.5 Å². The fraction of sp³-hybridized carbons (Fsp3) is 0.273. The predicted octanol–water partition coefficient (Wildman–Crippen LogP) is 3.50. The van der Waals surface area contributed by atoms with E-state index in [0.717, 1.165) is 0 Å². The Morgan fingerprint density at radius 1 is 1.06 bits per heavy atom. The predicted molar refractivity (Wildman–Crippen MR) is 118 cm³/mol. The van der Waals surface area contributed by atoms with Crippen molar-refractivity contribution in [2.75, 3.05) is 25.7 Å². The molecule has 1 aromatic carbocycles. The lowest BCUT2D eigenvalue weighted by Crippen LogP contribution is -2.39. The van der Waals surface area contributed by atoms with E-state index in [9.17, 15) is 18.3 Å². The average molecular weight is 474 g/mol. The van der Waals surface area contributed by atoms with Gasteiger partial charge in [-0.25, -0.2) is 9.97 Å². The second-order valence-corrected chi connectivity index (χ2v) is 7.41. The van der Waals surface area contributed by atoms with Crippen LogP contribution < -0.4 is 14.4 Å². The van der Waals surface area contributed by atoms with Gasteiger partial charge in [0.1, 0.15) is 22.8 Å². The quantitative estimate of drug-likeness (QED) is 0.435. The molecule has 1 unspecified atom stereocenters. The molecule has 0 aliphatic rings. The van der Waals surface area contributed by atoms with Crippen molar-refractivity contribution in [3.8, 4) is 22.8 Å². The maximum Gasteiger partial charge on any atom is 0.416 e. The summed E-state index contributed by atoms with van der Waals surface area (Å²) in [5.41, 5.74) is 2.18. The summed E-state index contributed by atoms with van der Waals surface area (Å²) in [7, 11) is 4.62. The van der Waals surface area contributed by atoms with Gasteiger partial charge in [0.15, 0.2) is 11.8 Å². The Labute approximate surface area is 192 Å². The number of ether oxygens (including phenoxy) is 2. The van der Waals surface area contributed by atoms with E-state index in [1.165, 1.54) is 37.3 Å². The third-order valence-electron chi connectivity index (χ3n) is 5.05. The second kappa shape index (κ2) is 9.14. The number of aromatic nitrogens is 5. The third-order valence-corrected chi connectivity index (χ3v) is 5.05. The van der Waals surface area contributed by atoms with Crippen molar-refractivity contribution in [2.45, 2.75) is 12.3 Å². The molecule has 0 saturated heterocycles. The molecule has 4 aromatic rings. The Bertz CT molecular complexity index is 1290. The molecule has 34 heavy (non-hydrogen) atoms. The Balaban J connectivity index is 1.82. The van der Waals surface area contributed by atoms with Gasteiger partial charge in [-0.3, -0.25) is 9.67 Å². The van der Waals surface area contributed by atoms with Crippen LogP contribution in [0.2, 0.25) is 0 Å². The maximum atomic E-state index is 13.3. The zero-order valence-electron chi connectivity index (χ0n) is 18.5. The Hall–Kier alpha value is -3.93. The Morgan fingerprint density at radius 2 is 1.76 bits per heavy atom. The molecule has 178 valence electrons. The Morgan fingerprint density at radius 3 is 2.35 bits per heavy atom. The Kier molecular flexibility index (Phi) is 6.24. The summed E-state index contributed by atoms with van der Waals surface area (Å²) in [4.78, 5) is 14.5. The number of hydrogen-bond acceptors (Lipinski definition) is 8. The molecule has 3 aromatic heterocycles. The van der Waals surface area contributed by atoms with Gasteiger partial charge in [0.2, 0.25) is 0 Å². The molecular formula is C22H21F3N6O3. The van der Waals surface area contributed by atoms with E-state index in [-0.39, 0.29) is 17.2 Å². The summed E-state index contributed by atoms with van der Waals surface area (Å²) in [6.45, 7) is -0.811. The van der Waals surface area contributed by atoms with Crippen molar-refractivity contribution in [3.63, 3.8) is 0 Å². The number of aliphatic hydroxyl groups excluding tert-OH is 1. The van der Waals surface area contributed by atoms with Gasteiger partial charge < -0.3 is 19.5 Å². The van der Waals surface area contributed by atoms with Crippen LogP contribution in [-0.4, -0.2) is 62.9 Å². The average Bonchev–Trinajstić information content (AvgIpc) is 3.26. The molecule has 0 aliphatic carbocycles. The summed E-state index contributed by atoms with van der Waals surface area (Å²) in [5, 5.41) is 14.0. The molecule has 3 heterocycles. The molecule has 0 radical (unpaired) electrons. The fourth-order valence-electron chi connectivity index (χ4n) is 3.29. The number of nitrogens with zero attached hydrogens (tertiary/aromatic N) is 6. The van der Waals surface area contributed by atoms with Gasteiger partial charge in [0.25, 0.3) is 0 Å². The van der Waals surface area contributed by atoms with Crippen LogP contribution in [0, 0.1) is 0 Å². The SMILES string of the molecule is COc1cc(OC)cc(N(CC(O)C(F)(F)F)c2ccc3ncc(-c4cnn(C)c4)nc3n2)c1. The minimum atomic E-state index is -4.83. The van der Waals surface area contributed by atoms with Crippen molar-refractivity contribution >= 4 is 22.7 Å². The van der Waals surface area contributed by atoms with Crippen LogP contribution in [-0.2, 0) is 7.05 Å². The number of hydrogen-bond donors (Lipinski definition) is 1. The molecule has 1 N–H and O–H groups in total. The first kappa shape index (κ1) is 23.2. The van der Waals surface area contributed by atoms with Crippen molar-refractivity contribution < 1.29 is 27.8 Å². The normalized spacial score (nSPS) is 12.6. The lowest BCUT2D eigenvalue weighted by molar-refractivity contribution is -0.199. The second-order valence-electron chi connectivity index (χ2n) is 7.41. The number of fused-ring (bicyclic) bond motifs is 1. The number of anilines is 2. The van der Waals surface area contributed by atoms with Gasteiger partial charge in [-0.2, -0.15) is 18.3 Å². The van der Waals surface area contributed by atoms with Gasteiger partial charge >= 0.3 is 6.18 Å². The minimum Gasteiger partial charge on any atom is -0.497 e. The van der Waals surface area contributed by atoms with Crippen LogP contribution in [0.4, 0.5) is 24.7 Å². The number of aliphatic hydroxyl groups is 1. The van der Waals surface area contributed by atoms with Crippen LogP contribution in [0.1, 0.15) is 0 Å². The number of pyridine rings is 1. The molecule has 0 bridgehead atoms. The van der Waals surface area contributed by atoms with Crippen LogP contribution in [0.3, 0.4) is 0 Å². The van der Waals surface area contributed by atoms with Crippen LogP contribution in [0.15, 0.2) is 48.9 Å². The van der Waals surface area contributed by atoms with E-state index in [0.29, 0.717) is 28.3 Å². The summed E-state index contributed by atoms with van der Waals surface area (Å²) in [6.07, 6.45) is -2.51. The summed E-state index contributed by atoms with van der Waals surface area (Å²) < 4.78 is 51.9. The number of alkyl halides is 3. The highest BCUT2D eigenvalue weighted by Gasteiger charge is 2.40. The molecule has 0 fully saturated rings. The van der Waals surface area contributed by atoms with E-state index in [1.807, 2.05) is 0 Å². The van der Waals surface area contributed by atoms with Crippen molar-refractivity contribution in [1.82, 2.24) is 24.7 Å². The van der Waals surface area contributed by atoms with Gasteiger partial charge in [0.05, 0.1) is 38.9 Å². The topological polar surface area (TPSA) is 98.4 Å². The molecule has 1 atom stereocenters. The standard InChI is InChI=1S/C22H21F3N6O3/c1-30-11-13(9-27-30)18-10-26-17-4-5-20(29-21(17)28-18)31(12-19(32)22(23,24)25)14-6-15(33-2)8-16(7-14)34-3/h4-11,19,32H,12H2,1-3H3. The van der Waals surface area contributed by atoms with E-state index >= 15 is 0 Å². The van der Waals surface area contributed by atoms with E-state index < -0.39 is 18.8 Å².